The van der Waals surface area contributed by atoms with Crippen LogP contribution in [0, 0.1) is 5.82 Å². The van der Waals surface area contributed by atoms with Crippen LogP contribution in [-0.2, 0) is 9.59 Å². The van der Waals surface area contributed by atoms with Crippen LogP contribution < -0.4 is 0 Å². The molecule has 94 valence electrons. The molecule has 1 aliphatic heterocycles. The minimum atomic E-state index is -1.09. The first-order valence-electron chi connectivity index (χ1n) is 5.45. The Morgan fingerprint density at radius 3 is 2.83 bits per heavy atom. The molecule has 0 aliphatic carbocycles. The molecule has 1 aromatic rings. The maximum atomic E-state index is 13.2. The van der Waals surface area contributed by atoms with Crippen LogP contribution in [0.1, 0.15) is 17.9 Å². The van der Waals surface area contributed by atoms with Gasteiger partial charge in [0.2, 0.25) is 5.91 Å². The van der Waals surface area contributed by atoms with Gasteiger partial charge in [-0.2, -0.15) is 0 Å². The summed E-state index contributed by atoms with van der Waals surface area (Å²) >= 11 is 0. The molecular weight excluding hydrogens is 237 g/mol. The van der Waals surface area contributed by atoms with Gasteiger partial charge in [-0.1, -0.05) is 12.1 Å². The van der Waals surface area contributed by atoms with Crippen molar-refractivity contribution in [1.82, 2.24) is 4.90 Å². The van der Waals surface area contributed by atoms with E-state index in [2.05, 4.69) is 0 Å². The summed E-state index contributed by atoms with van der Waals surface area (Å²) in [6, 6.07) is 5.68. The summed E-state index contributed by atoms with van der Waals surface area (Å²) in [6.45, 7) is 0. The van der Waals surface area contributed by atoms with E-state index in [4.69, 9.17) is 5.11 Å². The predicted octanol–water partition coefficient (Wildman–Crippen LogP) is 1.74. The Bertz CT molecular complexity index is 539. The van der Waals surface area contributed by atoms with Crippen molar-refractivity contribution in [2.75, 3.05) is 7.05 Å². The Labute approximate surface area is 103 Å². The summed E-state index contributed by atoms with van der Waals surface area (Å²) in [4.78, 5) is 24.1. The Morgan fingerprint density at radius 1 is 1.50 bits per heavy atom. The molecule has 1 unspecified atom stereocenters. The highest BCUT2D eigenvalue weighted by Gasteiger charge is 2.31. The summed E-state index contributed by atoms with van der Waals surface area (Å²) in [6.07, 6.45) is 1.34. The van der Waals surface area contributed by atoms with E-state index in [9.17, 15) is 14.0 Å². The summed E-state index contributed by atoms with van der Waals surface area (Å²) in [5, 5.41) is 9.14. The number of carbonyl (C=O) groups excluding carboxylic acids is 1. The molecule has 1 heterocycles. The van der Waals surface area contributed by atoms with Gasteiger partial charge >= 0.3 is 5.97 Å². The van der Waals surface area contributed by atoms with Gasteiger partial charge in [-0.05, 0) is 17.7 Å². The fraction of sp³-hybridized carbons (Fsp3) is 0.231. The van der Waals surface area contributed by atoms with Crippen LogP contribution >= 0.6 is 0 Å². The summed E-state index contributed by atoms with van der Waals surface area (Å²) in [7, 11) is 1.51. The molecule has 0 saturated heterocycles. The first kappa shape index (κ1) is 12.3. The second-order valence-corrected chi connectivity index (χ2v) is 4.21. The van der Waals surface area contributed by atoms with Gasteiger partial charge in [-0.3, -0.25) is 4.79 Å². The third-order valence-electron chi connectivity index (χ3n) is 2.98. The Balaban J connectivity index is 2.45. The molecule has 0 radical (unpaired) electrons. The number of hydrogen-bond donors (Lipinski definition) is 1. The van der Waals surface area contributed by atoms with Gasteiger partial charge in [-0.25, -0.2) is 9.18 Å². The number of carboxylic acid groups (broad SMARTS) is 1. The minimum Gasteiger partial charge on any atom is -0.478 e. The van der Waals surface area contributed by atoms with E-state index in [0.29, 0.717) is 5.56 Å². The third kappa shape index (κ3) is 2.25. The monoisotopic (exact) mass is 249 g/mol. The number of aliphatic carboxylic acids is 1. The van der Waals surface area contributed by atoms with Crippen LogP contribution in [0.5, 0.6) is 0 Å². The van der Waals surface area contributed by atoms with E-state index >= 15 is 0 Å². The SMILES string of the molecule is CN1C=C(C(=O)O)C(c2cccc(F)c2)CC1=O. The van der Waals surface area contributed by atoms with Gasteiger partial charge < -0.3 is 10.0 Å². The number of hydrogen-bond acceptors (Lipinski definition) is 2. The average Bonchev–Trinajstić information content (AvgIpc) is 2.31. The lowest BCUT2D eigenvalue weighted by Gasteiger charge is -2.26. The fourth-order valence-electron chi connectivity index (χ4n) is 2.02. The van der Waals surface area contributed by atoms with Gasteiger partial charge in [0.15, 0.2) is 0 Å². The van der Waals surface area contributed by atoms with Crippen molar-refractivity contribution in [3.63, 3.8) is 0 Å². The fourth-order valence-corrected chi connectivity index (χ4v) is 2.02. The molecule has 2 rings (SSSR count). The first-order chi connectivity index (χ1) is 8.49. The van der Waals surface area contributed by atoms with Gasteiger partial charge in [0.1, 0.15) is 5.82 Å². The van der Waals surface area contributed by atoms with E-state index in [1.54, 1.807) is 6.07 Å². The first-order valence-corrected chi connectivity index (χ1v) is 5.45. The van der Waals surface area contributed by atoms with Crippen molar-refractivity contribution in [2.45, 2.75) is 12.3 Å². The van der Waals surface area contributed by atoms with Crippen molar-refractivity contribution in [3.05, 3.63) is 47.4 Å². The number of nitrogens with zero attached hydrogens (tertiary/aromatic N) is 1. The molecule has 18 heavy (non-hydrogen) atoms. The smallest absolute Gasteiger partial charge is 0.333 e. The zero-order valence-corrected chi connectivity index (χ0v) is 9.76. The summed E-state index contributed by atoms with van der Waals surface area (Å²) in [5.41, 5.74) is 0.604. The van der Waals surface area contributed by atoms with Gasteiger partial charge in [0.25, 0.3) is 0 Å². The van der Waals surface area contributed by atoms with E-state index in [1.807, 2.05) is 0 Å². The van der Waals surface area contributed by atoms with Crippen molar-refractivity contribution in [1.29, 1.82) is 0 Å². The lowest BCUT2D eigenvalue weighted by atomic mass is 9.86. The molecule has 1 amide bonds. The highest BCUT2D eigenvalue weighted by atomic mass is 19.1. The molecule has 5 heteroatoms. The average molecular weight is 249 g/mol. The topological polar surface area (TPSA) is 57.6 Å². The molecule has 0 saturated carbocycles. The van der Waals surface area contributed by atoms with Crippen LogP contribution in [0.2, 0.25) is 0 Å². The largest absolute Gasteiger partial charge is 0.478 e. The molecule has 0 bridgehead atoms. The third-order valence-corrected chi connectivity index (χ3v) is 2.98. The molecule has 1 N–H and O–H groups in total. The van der Waals surface area contributed by atoms with Gasteiger partial charge in [-0.15, -0.1) is 0 Å². The zero-order valence-electron chi connectivity index (χ0n) is 9.76. The van der Waals surface area contributed by atoms with Crippen LogP contribution in [0.25, 0.3) is 0 Å². The number of amides is 1. The van der Waals surface area contributed by atoms with Crippen molar-refractivity contribution >= 4 is 11.9 Å². The minimum absolute atomic E-state index is 0.0398. The zero-order chi connectivity index (χ0) is 13.3. The molecule has 1 aromatic carbocycles. The van der Waals surface area contributed by atoms with Crippen molar-refractivity contribution < 1.29 is 19.1 Å². The van der Waals surface area contributed by atoms with Crippen LogP contribution in [0.4, 0.5) is 4.39 Å². The molecule has 0 aromatic heterocycles. The summed E-state index contributed by atoms with van der Waals surface area (Å²) < 4.78 is 13.2. The Hall–Kier alpha value is -2.17. The van der Waals surface area contributed by atoms with Crippen LogP contribution in [0.15, 0.2) is 36.0 Å². The van der Waals surface area contributed by atoms with E-state index in [1.165, 1.54) is 36.3 Å². The Morgan fingerprint density at radius 2 is 2.22 bits per heavy atom. The molecule has 1 aliphatic rings. The number of carboxylic acids is 1. The van der Waals surface area contributed by atoms with E-state index in [0.717, 1.165) is 0 Å². The molecule has 0 spiro atoms. The second-order valence-electron chi connectivity index (χ2n) is 4.21. The van der Waals surface area contributed by atoms with E-state index < -0.39 is 17.7 Å². The van der Waals surface area contributed by atoms with Crippen molar-refractivity contribution in [2.24, 2.45) is 0 Å². The van der Waals surface area contributed by atoms with Crippen LogP contribution in [0.3, 0.4) is 0 Å². The normalized spacial score (nSPS) is 19.7. The molecule has 4 nitrogen and oxygen atoms in total. The summed E-state index contributed by atoms with van der Waals surface area (Å²) in [5.74, 6) is -2.32. The predicted molar refractivity (Wildman–Crippen MR) is 62.2 cm³/mol. The van der Waals surface area contributed by atoms with Crippen LogP contribution in [-0.4, -0.2) is 28.9 Å². The van der Waals surface area contributed by atoms with Gasteiger partial charge in [0.05, 0.1) is 5.57 Å². The molecular formula is C13H12FNO3. The Kier molecular flexibility index (Phi) is 3.14. The van der Waals surface area contributed by atoms with E-state index in [-0.39, 0.29) is 17.9 Å². The molecule has 0 fully saturated rings. The highest BCUT2D eigenvalue weighted by molar-refractivity contribution is 5.93. The maximum Gasteiger partial charge on any atom is 0.333 e. The maximum absolute atomic E-state index is 13.2. The highest BCUT2D eigenvalue weighted by Crippen LogP contribution is 2.32. The standard InChI is InChI=1S/C13H12FNO3/c1-15-7-11(13(17)18)10(6-12(15)16)8-3-2-4-9(14)5-8/h2-5,7,10H,6H2,1H3,(H,17,18). The number of halogens is 1. The number of rotatable bonds is 2. The lowest BCUT2D eigenvalue weighted by Crippen LogP contribution is -2.31. The lowest BCUT2D eigenvalue weighted by molar-refractivity contribution is -0.134. The van der Waals surface area contributed by atoms with Gasteiger partial charge in [0, 0.05) is 25.6 Å². The second kappa shape index (κ2) is 4.60. The quantitative estimate of drug-likeness (QED) is 0.868. The van der Waals surface area contributed by atoms with Crippen molar-refractivity contribution in [3.8, 4) is 0 Å². The number of benzene rings is 1. The molecule has 1 atom stereocenters. The number of carbonyl (C=O) groups is 2.